The number of hydrogen-bond acceptors (Lipinski definition) is 2. The molecule has 0 heterocycles. The van der Waals surface area contributed by atoms with Crippen molar-refractivity contribution in [2.24, 2.45) is 0 Å². The molecule has 1 rings (SSSR count). The molecule has 0 spiro atoms. The Bertz CT molecular complexity index is 544. The number of aryl methyl sites for hydroxylation is 1. The minimum atomic E-state index is -5.74. The van der Waals surface area contributed by atoms with E-state index in [4.69, 9.17) is 4.55 Å². The van der Waals surface area contributed by atoms with Gasteiger partial charge in [0.15, 0.2) is 6.17 Å². The summed E-state index contributed by atoms with van der Waals surface area (Å²) in [5.41, 5.74) is 1.41. The second-order valence-corrected chi connectivity index (χ2v) is 5.48. The van der Waals surface area contributed by atoms with E-state index in [2.05, 4.69) is 6.58 Å². The molecule has 1 atom stereocenters. The second-order valence-electron chi connectivity index (χ2n) is 3.99. The van der Waals surface area contributed by atoms with Crippen LogP contribution >= 0.6 is 0 Å². The molecule has 3 nitrogen and oxygen atoms in total. The van der Waals surface area contributed by atoms with Gasteiger partial charge < -0.3 is 0 Å². The average Bonchev–Trinajstić information content (AvgIpc) is 2.35. The van der Waals surface area contributed by atoms with E-state index in [1.54, 1.807) is 30.3 Å². The molecule has 0 aliphatic rings. The summed E-state index contributed by atoms with van der Waals surface area (Å²) in [6.07, 6.45) is -2.14. The molecule has 0 aromatic heterocycles. The Morgan fingerprint density at radius 3 is 2.20 bits per heavy atom. The third-order valence-corrected chi connectivity index (χ3v) is 3.55. The Morgan fingerprint density at radius 1 is 1.30 bits per heavy atom. The van der Waals surface area contributed by atoms with Crippen LogP contribution in [0, 0.1) is 0 Å². The molecule has 0 fully saturated rings. The van der Waals surface area contributed by atoms with E-state index in [0.717, 1.165) is 5.56 Å². The summed E-state index contributed by atoms with van der Waals surface area (Å²) < 4.78 is 68.0. The van der Waals surface area contributed by atoms with E-state index in [-0.39, 0.29) is 36.0 Å². The summed E-state index contributed by atoms with van der Waals surface area (Å²) in [5.74, 6) is 0. The molecule has 0 saturated carbocycles. The predicted molar refractivity (Wildman–Crippen MR) is 73.4 cm³/mol. The van der Waals surface area contributed by atoms with Crippen molar-refractivity contribution in [3.63, 3.8) is 0 Å². The van der Waals surface area contributed by atoms with Crippen LogP contribution in [0.5, 0.6) is 0 Å². The quantitative estimate of drug-likeness (QED) is 0.647. The van der Waals surface area contributed by atoms with Crippen molar-refractivity contribution in [1.29, 1.82) is 0 Å². The zero-order valence-corrected chi connectivity index (χ0v) is 10.7. The summed E-state index contributed by atoms with van der Waals surface area (Å²) in [5, 5.41) is -4.78. The molecule has 8 heteroatoms. The first-order valence-corrected chi connectivity index (χ1v) is 6.83. The van der Waals surface area contributed by atoms with Crippen LogP contribution in [0.15, 0.2) is 30.8 Å². The molecule has 0 bridgehead atoms. The number of halogens is 3. The SMILES string of the molecule is C=Cc1ccc(CCC(F)C(F)(F)S(=O)(=O)O)cc1.[NaH]. The van der Waals surface area contributed by atoms with Gasteiger partial charge in [0.1, 0.15) is 0 Å². The van der Waals surface area contributed by atoms with Crippen molar-refractivity contribution in [1.82, 2.24) is 0 Å². The monoisotopic (exact) mass is 318 g/mol. The molecule has 1 unspecified atom stereocenters. The van der Waals surface area contributed by atoms with E-state index in [9.17, 15) is 21.6 Å². The van der Waals surface area contributed by atoms with Crippen molar-refractivity contribution in [3.8, 4) is 0 Å². The standard InChI is InChI=1S/C12H13F3O3S.Na.H/c1-2-9-3-5-10(6-4-9)7-8-11(13)12(14,15)19(16,17)18;;/h2-6,11H,1,7-8H2,(H,16,17,18);;. The van der Waals surface area contributed by atoms with Crippen LogP contribution in [0.25, 0.3) is 6.08 Å². The molecule has 108 valence electrons. The fraction of sp³-hybridized carbons (Fsp3) is 0.333. The van der Waals surface area contributed by atoms with E-state index >= 15 is 0 Å². The van der Waals surface area contributed by atoms with E-state index < -0.39 is 28.0 Å². The Kier molecular flexibility index (Phi) is 7.48. The number of rotatable bonds is 6. The van der Waals surface area contributed by atoms with Gasteiger partial charge in [0.05, 0.1) is 0 Å². The molecular weight excluding hydrogens is 304 g/mol. The normalized spacial score (nSPS) is 13.4. The van der Waals surface area contributed by atoms with Crippen molar-refractivity contribution in [2.45, 2.75) is 24.3 Å². The molecule has 0 amide bonds. The fourth-order valence-corrected chi connectivity index (χ4v) is 1.88. The average molecular weight is 318 g/mol. The zero-order valence-electron chi connectivity index (χ0n) is 9.89. The second kappa shape index (κ2) is 7.61. The molecule has 1 aromatic carbocycles. The maximum absolute atomic E-state index is 13.2. The van der Waals surface area contributed by atoms with Crippen molar-refractivity contribution >= 4 is 45.8 Å². The van der Waals surface area contributed by atoms with E-state index in [1.807, 2.05) is 0 Å². The first kappa shape index (κ1) is 19.7. The molecule has 1 aromatic rings. The van der Waals surface area contributed by atoms with Gasteiger partial charge in [0.25, 0.3) is 0 Å². The Morgan fingerprint density at radius 2 is 1.80 bits per heavy atom. The number of benzene rings is 1. The van der Waals surface area contributed by atoms with Crippen molar-refractivity contribution < 1.29 is 26.1 Å². The summed E-state index contributed by atoms with van der Waals surface area (Å²) in [4.78, 5) is 0. The van der Waals surface area contributed by atoms with Crippen LogP contribution in [0.1, 0.15) is 17.5 Å². The first-order valence-electron chi connectivity index (χ1n) is 5.38. The van der Waals surface area contributed by atoms with Gasteiger partial charge in [-0.15, -0.1) is 0 Å². The number of alkyl halides is 3. The topological polar surface area (TPSA) is 54.4 Å². The van der Waals surface area contributed by atoms with Gasteiger partial charge in [-0.25, -0.2) is 4.39 Å². The van der Waals surface area contributed by atoms with Crippen LogP contribution in [0.2, 0.25) is 0 Å². The third-order valence-electron chi connectivity index (χ3n) is 2.61. The van der Waals surface area contributed by atoms with E-state index in [1.165, 1.54) is 0 Å². The molecule has 0 aliphatic carbocycles. The fourth-order valence-electron chi connectivity index (χ4n) is 1.44. The molecule has 1 N–H and O–H groups in total. The summed E-state index contributed by atoms with van der Waals surface area (Å²) >= 11 is 0. The predicted octanol–water partition coefficient (Wildman–Crippen LogP) is 2.43. The van der Waals surface area contributed by atoms with Gasteiger partial charge >= 0.3 is 44.9 Å². The zero-order chi connectivity index (χ0) is 14.7. The molecule has 20 heavy (non-hydrogen) atoms. The third kappa shape index (κ3) is 4.89. The van der Waals surface area contributed by atoms with Crippen LogP contribution in [-0.2, 0) is 16.5 Å². The van der Waals surface area contributed by atoms with Gasteiger partial charge in [-0.3, -0.25) is 4.55 Å². The van der Waals surface area contributed by atoms with Crippen molar-refractivity contribution in [2.75, 3.05) is 0 Å². The van der Waals surface area contributed by atoms with Gasteiger partial charge in [-0.1, -0.05) is 36.9 Å². The Labute approximate surface area is 137 Å². The maximum atomic E-state index is 13.2. The summed E-state index contributed by atoms with van der Waals surface area (Å²) in [6.45, 7) is 3.54. The first-order chi connectivity index (χ1) is 8.68. The van der Waals surface area contributed by atoms with Gasteiger partial charge in [0, 0.05) is 0 Å². The Balaban J connectivity index is 0.00000361. The van der Waals surface area contributed by atoms with Gasteiger partial charge in [0.2, 0.25) is 0 Å². The van der Waals surface area contributed by atoms with Crippen LogP contribution < -0.4 is 0 Å². The van der Waals surface area contributed by atoms with Crippen molar-refractivity contribution in [3.05, 3.63) is 42.0 Å². The van der Waals surface area contributed by atoms with Crippen LogP contribution in [-0.4, -0.2) is 54.0 Å². The molecule has 0 aliphatic heterocycles. The summed E-state index contributed by atoms with van der Waals surface area (Å²) in [6, 6.07) is 6.57. The summed E-state index contributed by atoms with van der Waals surface area (Å²) in [7, 11) is -5.74. The van der Waals surface area contributed by atoms with Gasteiger partial charge in [-0.2, -0.15) is 17.2 Å². The molecule has 0 radical (unpaired) electrons. The minimum absolute atomic E-state index is 0. The van der Waals surface area contributed by atoms with Gasteiger partial charge in [-0.05, 0) is 24.0 Å². The molecule has 0 saturated heterocycles. The van der Waals surface area contributed by atoms with Crippen LogP contribution in [0.3, 0.4) is 0 Å². The number of hydrogen-bond donors (Lipinski definition) is 1. The molecular formula is C12H14F3NaO3S. The van der Waals surface area contributed by atoms with E-state index in [0.29, 0.717) is 5.56 Å². The Hall–Kier alpha value is -0.340. The van der Waals surface area contributed by atoms with Crippen LogP contribution in [0.4, 0.5) is 13.2 Å².